The summed E-state index contributed by atoms with van der Waals surface area (Å²) in [6.45, 7) is 25.4. The molecule has 3 N–H and O–H groups in total. The summed E-state index contributed by atoms with van der Waals surface area (Å²) in [4.78, 5) is 0. The Balaban J connectivity index is 0.000000848. The molecule has 65 heavy (non-hydrogen) atoms. The van der Waals surface area contributed by atoms with Crippen molar-refractivity contribution in [3.63, 3.8) is 0 Å². The minimum Gasteiger partial charge on any atom is -0.414 e. The number of benzene rings is 4. The van der Waals surface area contributed by atoms with E-state index in [0.29, 0.717) is 32.8 Å². The van der Waals surface area contributed by atoms with Crippen LogP contribution in [0.25, 0.3) is 6.08 Å². The van der Waals surface area contributed by atoms with Gasteiger partial charge in [0, 0.05) is 30.8 Å². The van der Waals surface area contributed by atoms with E-state index in [2.05, 4.69) is 85.0 Å². The fourth-order valence-corrected chi connectivity index (χ4v) is 7.76. The van der Waals surface area contributed by atoms with Gasteiger partial charge in [-0.2, -0.15) is 8.42 Å². The average Bonchev–Trinajstić information content (AvgIpc) is 3.17. The summed E-state index contributed by atoms with van der Waals surface area (Å²) >= 11 is 23.2. The van der Waals surface area contributed by atoms with E-state index in [1.54, 1.807) is 66.7 Å². The van der Waals surface area contributed by atoms with Crippen LogP contribution in [0.3, 0.4) is 0 Å². The van der Waals surface area contributed by atoms with Crippen LogP contribution in [0.15, 0.2) is 104 Å². The molecule has 0 radical (unpaired) electrons. The Bertz CT molecular complexity index is 2260. The van der Waals surface area contributed by atoms with Gasteiger partial charge in [-0.25, -0.2) is 8.42 Å². The number of halogens is 5. The zero-order valence-electron chi connectivity index (χ0n) is 39.3. The summed E-state index contributed by atoms with van der Waals surface area (Å²) in [6, 6.07) is 28.6. The number of hydrogen-bond donors (Lipinski definition) is 3. The standard InChI is InChI=1S/C15H25ClO4SSi.C14H23ClO2Si.C8H9ClO2.C8H7Cl.CH3ClO2S/c1-15(2,3)22(5,6)19-11-14(20-21(4,17)18)12-8-7-9-13(16)10-12;1-14(2,3)18(4,5)17-10-13(16)11-7-6-8-12(15)9-11;9-7-3-1-2-6(4-7)8(11)5-10;1-2-7-4-3-5-8(9)6-7;1-5(2,3)4/h7-10,14H,11H2,1-6H3;6-9,13,16H,10H2,1-5H3;1-4,8,10-11H,5H2;2-6H,1H2;1H3/t14-;13-;8-;;/m000../s1. The maximum atomic E-state index is 11.5. The van der Waals surface area contributed by atoms with Crippen LogP contribution >= 0.6 is 57.1 Å². The summed E-state index contributed by atoms with van der Waals surface area (Å²) in [5, 5.41) is 30.5. The minimum absolute atomic E-state index is 0.0387. The normalized spacial score (nSPS) is 13.4. The molecule has 10 nitrogen and oxygen atoms in total. The van der Waals surface area contributed by atoms with Gasteiger partial charge in [0.05, 0.1) is 32.3 Å². The van der Waals surface area contributed by atoms with Gasteiger partial charge in [-0.15, -0.1) is 0 Å². The first-order valence-electron chi connectivity index (χ1n) is 20.2. The highest BCUT2D eigenvalue weighted by Crippen LogP contribution is 2.38. The van der Waals surface area contributed by atoms with Crippen molar-refractivity contribution in [2.45, 2.75) is 96.1 Å². The Morgan fingerprint density at radius 3 is 1.28 bits per heavy atom. The highest BCUT2D eigenvalue weighted by atomic mass is 35.7. The smallest absolute Gasteiger partial charge is 0.265 e. The largest absolute Gasteiger partial charge is 0.414 e. The van der Waals surface area contributed by atoms with E-state index in [4.69, 9.17) is 69.7 Å². The third-order valence-electron chi connectivity index (χ3n) is 10.0. The van der Waals surface area contributed by atoms with E-state index in [1.807, 2.05) is 36.4 Å². The molecule has 4 rings (SSSR count). The van der Waals surface area contributed by atoms with E-state index in [1.165, 1.54) is 0 Å². The molecule has 0 saturated heterocycles. The molecule has 0 fully saturated rings. The van der Waals surface area contributed by atoms with Crippen LogP contribution in [0.5, 0.6) is 0 Å². The molecule has 4 aromatic rings. The van der Waals surface area contributed by atoms with E-state index >= 15 is 0 Å². The second-order valence-corrected chi connectivity index (χ2v) is 33.8. The monoisotopic (exact) mass is 1070 g/mol. The molecule has 0 unspecified atom stereocenters. The van der Waals surface area contributed by atoms with Gasteiger partial charge in [0.1, 0.15) is 18.3 Å². The predicted octanol–water partition coefficient (Wildman–Crippen LogP) is 13.3. The zero-order valence-corrected chi connectivity index (χ0v) is 46.7. The Morgan fingerprint density at radius 1 is 0.615 bits per heavy atom. The van der Waals surface area contributed by atoms with Crippen molar-refractivity contribution in [3.05, 3.63) is 146 Å². The van der Waals surface area contributed by atoms with Crippen LogP contribution in [0.4, 0.5) is 0 Å². The molecule has 19 heteroatoms. The maximum absolute atomic E-state index is 11.5. The van der Waals surface area contributed by atoms with Gasteiger partial charge >= 0.3 is 0 Å². The zero-order chi connectivity index (χ0) is 50.6. The van der Waals surface area contributed by atoms with Gasteiger partial charge < -0.3 is 24.2 Å². The van der Waals surface area contributed by atoms with Crippen LogP contribution in [0.2, 0.25) is 56.4 Å². The first kappa shape index (κ1) is 63.2. The average molecular weight is 1080 g/mol. The third-order valence-corrected chi connectivity index (χ3v) is 20.6. The molecule has 3 atom stereocenters. The molecule has 0 aliphatic carbocycles. The highest BCUT2D eigenvalue weighted by Gasteiger charge is 2.39. The second-order valence-electron chi connectivity index (χ2n) is 17.8. The lowest BCUT2D eigenvalue weighted by Gasteiger charge is -2.37. The van der Waals surface area contributed by atoms with E-state index in [-0.39, 0.29) is 23.3 Å². The van der Waals surface area contributed by atoms with Gasteiger partial charge in [0.25, 0.3) is 10.1 Å². The van der Waals surface area contributed by atoms with E-state index in [9.17, 15) is 21.9 Å². The summed E-state index contributed by atoms with van der Waals surface area (Å²) in [7, 11) is -6.09. The second kappa shape index (κ2) is 28.6. The summed E-state index contributed by atoms with van der Waals surface area (Å²) in [5.41, 5.74) is 3.19. The Morgan fingerprint density at radius 2 is 0.954 bits per heavy atom. The summed E-state index contributed by atoms with van der Waals surface area (Å²) < 4.78 is 59.1. The Labute approximate surface area is 415 Å². The fraction of sp³-hybridized carbons (Fsp3) is 0.435. The molecule has 4 aromatic carbocycles. The summed E-state index contributed by atoms with van der Waals surface area (Å²) in [5.74, 6) is 0. The van der Waals surface area contributed by atoms with Gasteiger partial charge in [0.15, 0.2) is 16.6 Å². The maximum Gasteiger partial charge on any atom is 0.265 e. The van der Waals surface area contributed by atoms with Crippen LogP contribution < -0.4 is 0 Å². The van der Waals surface area contributed by atoms with Gasteiger partial charge in [-0.05, 0) is 107 Å². The lowest BCUT2D eigenvalue weighted by molar-refractivity contribution is 0.0956. The van der Waals surface area contributed by atoms with Crippen molar-refractivity contribution in [1.29, 1.82) is 0 Å². The van der Waals surface area contributed by atoms with Gasteiger partial charge in [0.2, 0.25) is 9.05 Å². The fourth-order valence-electron chi connectivity index (χ4n) is 4.36. The van der Waals surface area contributed by atoms with Crippen molar-refractivity contribution in [2.75, 3.05) is 32.3 Å². The van der Waals surface area contributed by atoms with Crippen LogP contribution in [-0.4, -0.2) is 81.1 Å². The molecule has 366 valence electrons. The van der Waals surface area contributed by atoms with Crippen molar-refractivity contribution in [3.8, 4) is 0 Å². The molecule has 0 aromatic heterocycles. The lowest BCUT2D eigenvalue weighted by atomic mass is 10.1. The topological polar surface area (TPSA) is 157 Å². The number of rotatable bonds is 13. The molecule has 0 aliphatic rings. The van der Waals surface area contributed by atoms with Crippen molar-refractivity contribution in [2.24, 2.45) is 0 Å². The Kier molecular flexibility index (Phi) is 27.8. The van der Waals surface area contributed by atoms with Crippen molar-refractivity contribution in [1.82, 2.24) is 0 Å². The van der Waals surface area contributed by atoms with Crippen LogP contribution in [-0.2, 0) is 32.2 Å². The molecule has 0 aliphatic heterocycles. The molecule has 0 bridgehead atoms. The molecule has 0 spiro atoms. The van der Waals surface area contributed by atoms with E-state index in [0.717, 1.165) is 28.7 Å². The molecule has 0 saturated carbocycles. The van der Waals surface area contributed by atoms with Crippen LogP contribution in [0, 0.1) is 0 Å². The molecular formula is C46H67Cl5O10S2Si2. The molecule has 0 heterocycles. The van der Waals surface area contributed by atoms with Gasteiger partial charge in [-0.3, -0.25) is 4.18 Å². The highest BCUT2D eigenvalue weighted by molar-refractivity contribution is 8.13. The first-order chi connectivity index (χ1) is 29.5. The SMILES string of the molecule is C=Cc1cccc(Cl)c1.CC(C)(C)[Si](C)(C)OC[C@H](O)c1cccc(Cl)c1.CC(C)(C)[Si](C)(C)OC[C@H](OS(C)(=O)=O)c1cccc(Cl)c1.CS(=O)(=O)Cl.OC[C@H](O)c1cccc(Cl)c1. The number of aliphatic hydroxyl groups is 3. The minimum atomic E-state index is -3.60. The summed E-state index contributed by atoms with van der Waals surface area (Å²) in [6.07, 6.45) is 1.60. The first-order valence-corrected chi connectivity index (χ1v) is 32.0. The van der Waals surface area contributed by atoms with E-state index < -0.39 is 54.1 Å². The third kappa shape index (κ3) is 28.3. The predicted molar refractivity (Wildman–Crippen MR) is 279 cm³/mol. The number of hydrogen-bond acceptors (Lipinski definition) is 10. The lowest BCUT2D eigenvalue weighted by Crippen LogP contribution is -2.42. The Hall–Kier alpha value is -1.84. The quantitative estimate of drug-likeness (QED) is 0.0669. The molecule has 0 amide bonds. The molecular weight excluding hydrogens is 1010 g/mol. The van der Waals surface area contributed by atoms with Crippen LogP contribution in [0.1, 0.15) is 82.1 Å². The van der Waals surface area contributed by atoms with Gasteiger partial charge in [-0.1, -0.05) is 149 Å². The number of aliphatic hydroxyl groups excluding tert-OH is 3. The van der Waals surface area contributed by atoms with Crippen molar-refractivity contribution < 1.29 is 45.2 Å². The van der Waals surface area contributed by atoms with Crippen molar-refractivity contribution >= 4 is 99.0 Å².